The van der Waals surface area contributed by atoms with Crippen LogP contribution in [0.5, 0.6) is 5.75 Å². The zero-order valence-electron chi connectivity index (χ0n) is 21.5. The summed E-state index contributed by atoms with van der Waals surface area (Å²) in [7, 11) is 0. The van der Waals surface area contributed by atoms with Gasteiger partial charge < -0.3 is 9.47 Å². The van der Waals surface area contributed by atoms with Crippen molar-refractivity contribution in [3.8, 4) is 5.75 Å². The first-order chi connectivity index (χ1) is 16.6. The van der Waals surface area contributed by atoms with Crippen LogP contribution in [0.2, 0.25) is 0 Å². The van der Waals surface area contributed by atoms with E-state index in [-0.39, 0.29) is 11.9 Å². The van der Waals surface area contributed by atoms with Gasteiger partial charge in [-0.3, -0.25) is 0 Å². The summed E-state index contributed by atoms with van der Waals surface area (Å²) >= 11 is 0. The molecule has 0 aromatic heterocycles. The van der Waals surface area contributed by atoms with Gasteiger partial charge in [-0.25, -0.2) is 4.39 Å². The monoisotopic (exact) mass is 476 g/mol. The number of hydrogen-bond acceptors (Lipinski definition) is 2. The minimum atomic E-state index is -0.890. The van der Waals surface area contributed by atoms with Crippen molar-refractivity contribution < 1.29 is 18.3 Å². The van der Waals surface area contributed by atoms with Gasteiger partial charge >= 0.3 is 0 Å². The molecule has 1 saturated heterocycles. The van der Waals surface area contributed by atoms with Crippen molar-refractivity contribution in [2.24, 2.45) is 29.6 Å². The van der Waals surface area contributed by atoms with Crippen LogP contribution in [-0.4, -0.2) is 13.2 Å². The maximum Gasteiger partial charge on any atom is 0.200 e. The van der Waals surface area contributed by atoms with E-state index >= 15 is 0 Å². The van der Waals surface area contributed by atoms with Crippen LogP contribution in [0.4, 0.5) is 8.78 Å². The highest BCUT2D eigenvalue weighted by atomic mass is 19.2. The molecule has 1 aromatic rings. The Morgan fingerprint density at radius 1 is 0.765 bits per heavy atom. The van der Waals surface area contributed by atoms with Gasteiger partial charge in [-0.2, -0.15) is 4.39 Å². The van der Waals surface area contributed by atoms with Gasteiger partial charge in [0.25, 0.3) is 0 Å². The first kappa shape index (κ1) is 25.9. The molecule has 0 amide bonds. The van der Waals surface area contributed by atoms with Crippen molar-refractivity contribution in [3.63, 3.8) is 0 Å². The van der Waals surface area contributed by atoms with Gasteiger partial charge in [0.1, 0.15) is 0 Å². The van der Waals surface area contributed by atoms with E-state index < -0.39 is 11.6 Å². The van der Waals surface area contributed by atoms with Crippen LogP contribution in [0.25, 0.3) is 0 Å². The fourth-order valence-electron chi connectivity index (χ4n) is 7.17. The third kappa shape index (κ3) is 6.33. The van der Waals surface area contributed by atoms with Crippen LogP contribution in [0.3, 0.4) is 0 Å². The van der Waals surface area contributed by atoms with Gasteiger partial charge in [0.05, 0.1) is 19.3 Å². The Labute approximate surface area is 206 Å². The molecule has 3 aliphatic rings. The van der Waals surface area contributed by atoms with Crippen LogP contribution in [0.15, 0.2) is 12.1 Å². The second-order valence-corrected chi connectivity index (χ2v) is 11.3. The Kier molecular flexibility index (Phi) is 9.68. The molecule has 4 heteroatoms. The molecule has 34 heavy (non-hydrogen) atoms. The highest BCUT2D eigenvalue weighted by Gasteiger charge is 2.36. The molecule has 2 nitrogen and oxygen atoms in total. The van der Waals surface area contributed by atoms with Gasteiger partial charge in [-0.1, -0.05) is 45.4 Å². The lowest BCUT2D eigenvalue weighted by molar-refractivity contribution is -0.0437. The summed E-state index contributed by atoms with van der Waals surface area (Å²) in [6, 6.07) is 3.17. The Morgan fingerprint density at radius 2 is 1.38 bits per heavy atom. The van der Waals surface area contributed by atoms with E-state index in [0.29, 0.717) is 24.7 Å². The first-order valence-corrected chi connectivity index (χ1v) is 14.3. The maximum atomic E-state index is 14.6. The molecular formula is C30H46F2O2. The summed E-state index contributed by atoms with van der Waals surface area (Å²) in [4.78, 5) is 0. The Morgan fingerprint density at radius 3 is 1.97 bits per heavy atom. The van der Waals surface area contributed by atoms with Crippen molar-refractivity contribution >= 4 is 0 Å². The number of rotatable bonds is 9. The van der Waals surface area contributed by atoms with E-state index in [1.165, 1.54) is 83.1 Å². The van der Waals surface area contributed by atoms with Crippen LogP contribution >= 0.6 is 0 Å². The average Bonchev–Trinajstić information content (AvgIpc) is 2.88. The van der Waals surface area contributed by atoms with Crippen LogP contribution < -0.4 is 4.74 Å². The number of unbranched alkanes of at least 4 members (excludes halogenated alkanes) is 2. The standard InChI is InChI=1S/C30H46F2O2/c1-3-5-6-7-21-8-10-22(11-9-21)23-12-14-24(15-13-23)25-16-18-27(34-20-25)26-17-19-28(33-4-2)30(32)29(26)31/h17,19,21-25,27H,3-16,18,20H2,1-2H3/t21?,22?,23?,24?,25-,27+/m0/s1. The second kappa shape index (κ2) is 12.7. The van der Waals surface area contributed by atoms with E-state index in [1.54, 1.807) is 13.0 Å². The maximum absolute atomic E-state index is 14.6. The number of hydrogen-bond donors (Lipinski definition) is 0. The molecule has 0 unspecified atom stereocenters. The summed E-state index contributed by atoms with van der Waals surface area (Å²) in [6.07, 6.45) is 18.4. The predicted molar refractivity (Wildman–Crippen MR) is 134 cm³/mol. The van der Waals surface area contributed by atoms with Gasteiger partial charge in [0, 0.05) is 5.56 Å². The lowest BCUT2D eigenvalue weighted by Gasteiger charge is -2.41. The van der Waals surface area contributed by atoms with Crippen molar-refractivity contribution in [2.45, 2.75) is 110 Å². The molecule has 1 heterocycles. The summed E-state index contributed by atoms with van der Waals surface area (Å²) in [6.45, 7) is 5.06. The highest BCUT2D eigenvalue weighted by Crippen LogP contribution is 2.46. The SMILES string of the molecule is CCCCCC1CCC(C2CCC([C@H]3CC[C@H](c4ccc(OCC)c(F)c4F)OC3)CC2)CC1. The molecule has 1 aliphatic heterocycles. The molecule has 0 bridgehead atoms. The van der Waals surface area contributed by atoms with Gasteiger partial charge in [-0.15, -0.1) is 0 Å². The van der Waals surface area contributed by atoms with E-state index in [2.05, 4.69) is 6.92 Å². The minimum Gasteiger partial charge on any atom is -0.491 e. The molecule has 0 spiro atoms. The molecule has 2 saturated carbocycles. The van der Waals surface area contributed by atoms with Crippen LogP contribution in [-0.2, 0) is 4.74 Å². The molecule has 3 fully saturated rings. The topological polar surface area (TPSA) is 18.5 Å². The largest absolute Gasteiger partial charge is 0.491 e. The number of benzene rings is 1. The molecular weight excluding hydrogens is 430 g/mol. The highest BCUT2D eigenvalue weighted by molar-refractivity contribution is 5.32. The van der Waals surface area contributed by atoms with Crippen molar-refractivity contribution in [2.75, 3.05) is 13.2 Å². The van der Waals surface area contributed by atoms with Gasteiger partial charge in [-0.05, 0) is 100 Å². The van der Waals surface area contributed by atoms with Crippen LogP contribution in [0, 0.1) is 41.2 Å². The zero-order valence-corrected chi connectivity index (χ0v) is 21.5. The molecule has 2 atom stereocenters. The summed E-state index contributed by atoms with van der Waals surface area (Å²) < 4.78 is 40.2. The van der Waals surface area contributed by atoms with E-state index in [0.717, 1.165) is 36.5 Å². The predicted octanol–water partition coefficient (Wildman–Crippen LogP) is 9.02. The minimum absolute atomic E-state index is 0.0147. The normalized spacial score (nSPS) is 32.5. The molecule has 1 aromatic carbocycles. The molecule has 0 N–H and O–H groups in total. The number of halogens is 2. The Balaban J connectivity index is 1.19. The van der Waals surface area contributed by atoms with Crippen LogP contribution in [0.1, 0.15) is 115 Å². The van der Waals surface area contributed by atoms with E-state index in [4.69, 9.17) is 9.47 Å². The number of ether oxygens (including phenoxy) is 2. The smallest absolute Gasteiger partial charge is 0.200 e. The third-order valence-electron chi connectivity index (χ3n) is 9.29. The molecule has 0 radical (unpaired) electrons. The summed E-state index contributed by atoms with van der Waals surface area (Å²) in [5.41, 5.74) is 0.341. The fraction of sp³-hybridized carbons (Fsp3) is 0.800. The summed E-state index contributed by atoms with van der Waals surface area (Å²) in [5, 5.41) is 0. The molecule has 2 aliphatic carbocycles. The molecule has 192 valence electrons. The molecule has 4 rings (SSSR count). The second-order valence-electron chi connectivity index (χ2n) is 11.3. The fourth-order valence-corrected chi connectivity index (χ4v) is 7.17. The first-order valence-electron chi connectivity index (χ1n) is 14.3. The zero-order chi connectivity index (χ0) is 23.9. The van der Waals surface area contributed by atoms with E-state index in [9.17, 15) is 8.78 Å². The average molecular weight is 477 g/mol. The lowest BCUT2D eigenvalue weighted by Crippen LogP contribution is -2.32. The Hall–Kier alpha value is -1.16. The lowest BCUT2D eigenvalue weighted by atomic mass is 9.66. The van der Waals surface area contributed by atoms with Crippen molar-refractivity contribution in [3.05, 3.63) is 29.3 Å². The third-order valence-corrected chi connectivity index (χ3v) is 9.29. The van der Waals surface area contributed by atoms with Crippen molar-refractivity contribution in [1.29, 1.82) is 0 Å². The summed E-state index contributed by atoms with van der Waals surface area (Å²) in [5.74, 6) is 2.50. The quantitative estimate of drug-likeness (QED) is 0.331. The Bertz CT molecular complexity index is 742. The van der Waals surface area contributed by atoms with E-state index in [1.807, 2.05) is 0 Å². The van der Waals surface area contributed by atoms with Gasteiger partial charge in [0.15, 0.2) is 11.6 Å². The van der Waals surface area contributed by atoms with Gasteiger partial charge in [0.2, 0.25) is 5.82 Å². The van der Waals surface area contributed by atoms with Crippen molar-refractivity contribution in [1.82, 2.24) is 0 Å².